The average Bonchev–Trinajstić information content (AvgIpc) is 3.29. The minimum absolute atomic E-state index is 0.211. The van der Waals surface area contributed by atoms with Crippen LogP contribution >= 0.6 is 0 Å². The normalized spacial score (nSPS) is 14.4. The van der Waals surface area contributed by atoms with Gasteiger partial charge in [0.25, 0.3) is 5.91 Å². The third kappa shape index (κ3) is 4.90. The van der Waals surface area contributed by atoms with Crippen LogP contribution in [0.5, 0.6) is 0 Å². The zero-order chi connectivity index (χ0) is 21.6. The van der Waals surface area contributed by atoms with Gasteiger partial charge in [0, 0.05) is 37.3 Å². The summed E-state index contributed by atoms with van der Waals surface area (Å²) in [6.45, 7) is 6.28. The molecule has 1 aliphatic rings. The van der Waals surface area contributed by atoms with E-state index in [4.69, 9.17) is 9.15 Å². The number of morpholine rings is 1. The molecule has 7 heteroatoms. The molecule has 1 aromatic carbocycles. The van der Waals surface area contributed by atoms with E-state index in [2.05, 4.69) is 15.2 Å². The zero-order valence-electron chi connectivity index (χ0n) is 17.5. The van der Waals surface area contributed by atoms with Crippen LogP contribution in [0.15, 0.2) is 52.9 Å². The monoisotopic (exact) mass is 419 g/mol. The zero-order valence-corrected chi connectivity index (χ0v) is 17.5. The third-order valence-corrected chi connectivity index (χ3v) is 5.32. The Bertz CT molecular complexity index is 1060. The summed E-state index contributed by atoms with van der Waals surface area (Å²) in [4.78, 5) is 31.2. The predicted molar refractivity (Wildman–Crippen MR) is 117 cm³/mol. The molecule has 3 heterocycles. The Hall–Kier alpha value is -3.29. The molecule has 1 aliphatic heterocycles. The summed E-state index contributed by atoms with van der Waals surface area (Å²) in [5, 5.41) is 3.00. The summed E-state index contributed by atoms with van der Waals surface area (Å²) in [6, 6.07) is 14.9. The van der Waals surface area contributed by atoms with E-state index in [-0.39, 0.29) is 11.7 Å². The Kier molecular flexibility index (Phi) is 6.54. The van der Waals surface area contributed by atoms with Gasteiger partial charge in [-0.05, 0) is 25.1 Å². The van der Waals surface area contributed by atoms with Crippen LogP contribution in [0.1, 0.15) is 26.6 Å². The Morgan fingerprint density at radius 1 is 1.16 bits per heavy atom. The Labute approximate surface area is 181 Å². The van der Waals surface area contributed by atoms with E-state index in [1.807, 2.05) is 43.3 Å². The minimum atomic E-state index is -0.211. The maximum absolute atomic E-state index is 13.1. The number of carbonyl (C=O) groups is 2. The highest BCUT2D eigenvalue weighted by Crippen LogP contribution is 2.31. The molecule has 1 fully saturated rings. The van der Waals surface area contributed by atoms with Crippen molar-refractivity contribution in [3.05, 3.63) is 65.5 Å². The number of pyridine rings is 1. The summed E-state index contributed by atoms with van der Waals surface area (Å²) in [5.74, 6) is 0.462. The van der Waals surface area contributed by atoms with E-state index in [0.717, 1.165) is 44.1 Å². The van der Waals surface area contributed by atoms with Crippen molar-refractivity contribution in [2.24, 2.45) is 0 Å². The number of furan rings is 1. The molecule has 7 nitrogen and oxygen atoms in total. The highest BCUT2D eigenvalue weighted by molar-refractivity contribution is 6.02. The fourth-order valence-electron chi connectivity index (χ4n) is 3.71. The number of rotatable bonds is 7. The van der Waals surface area contributed by atoms with Crippen molar-refractivity contribution in [2.75, 3.05) is 39.4 Å². The van der Waals surface area contributed by atoms with Crippen molar-refractivity contribution in [1.82, 2.24) is 15.2 Å². The molecule has 31 heavy (non-hydrogen) atoms. The summed E-state index contributed by atoms with van der Waals surface area (Å²) < 4.78 is 11.0. The fourth-order valence-corrected chi connectivity index (χ4v) is 3.71. The van der Waals surface area contributed by atoms with Gasteiger partial charge in [0.15, 0.2) is 12.0 Å². The summed E-state index contributed by atoms with van der Waals surface area (Å²) >= 11 is 0. The van der Waals surface area contributed by atoms with Crippen molar-refractivity contribution in [1.29, 1.82) is 0 Å². The van der Waals surface area contributed by atoms with Crippen molar-refractivity contribution < 1.29 is 18.7 Å². The third-order valence-electron chi connectivity index (χ3n) is 5.32. The number of hydrogen-bond donors (Lipinski definition) is 1. The number of nitrogens with one attached hydrogen (secondary N) is 1. The molecule has 3 aromatic rings. The van der Waals surface area contributed by atoms with Crippen molar-refractivity contribution in [2.45, 2.75) is 6.92 Å². The van der Waals surface area contributed by atoms with E-state index in [1.54, 1.807) is 12.1 Å². The van der Waals surface area contributed by atoms with Gasteiger partial charge in [-0.15, -0.1) is 0 Å². The van der Waals surface area contributed by atoms with Gasteiger partial charge < -0.3 is 14.5 Å². The van der Waals surface area contributed by atoms with E-state index in [0.29, 0.717) is 35.4 Å². The minimum Gasteiger partial charge on any atom is -0.453 e. The standard InChI is InChI=1S/C24H25N3O4/c1-17-23(24(29)25-9-10-27-11-13-30-14-12-27)20(22-8-7-19(16-28)31-22)15-21(26-17)18-5-3-2-4-6-18/h2-8,15-16H,9-14H2,1H3,(H,25,29). The molecular formula is C24H25N3O4. The first-order valence-corrected chi connectivity index (χ1v) is 10.4. The van der Waals surface area contributed by atoms with E-state index >= 15 is 0 Å². The number of ether oxygens (including phenoxy) is 1. The lowest BCUT2D eigenvalue weighted by Crippen LogP contribution is -2.41. The van der Waals surface area contributed by atoms with Crippen molar-refractivity contribution >= 4 is 12.2 Å². The van der Waals surface area contributed by atoms with Crippen LogP contribution in [-0.4, -0.2) is 61.5 Å². The number of benzene rings is 1. The second kappa shape index (κ2) is 9.68. The highest BCUT2D eigenvalue weighted by atomic mass is 16.5. The van der Waals surface area contributed by atoms with Gasteiger partial charge in [0.2, 0.25) is 0 Å². The van der Waals surface area contributed by atoms with Gasteiger partial charge in [-0.2, -0.15) is 0 Å². The van der Waals surface area contributed by atoms with E-state index in [9.17, 15) is 9.59 Å². The first-order valence-electron chi connectivity index (χ1n) is 10.4. The first-order chi connectivity index (χ1) is 15.2. The number of hydrogen-bond acceptors (Lipinski definition) is 6. The number of aldehydes is 1. The lowest BCUT2D eigenvalue weighted by molar-refractivity contribution is 0.0383. The van der Waals surface area contributed by atoms with Gasteiger partial charge in [-0.1, -0.05) is 30.3 Å². The largest absolute Gasteiger partial charge is 0.453 e. The second-order valence-corrected chi connectivity index (χ2v) is 7.41. The van der Waals surface area contributed by atoms with Crippen LogP contribution in [-0.2, 0) is 4.74 Å². The molecule has 160 valence electrons. The molecule has 1 saturated heterocycles. The van der Waals surface area contributed by atoms with Crippen LogP contribution in [0.4, 0.5) is 0 Å². The fraction of sp³-hybridized carbons (Fsp3) is 0.292. The van der Waals surface area contributed by atoms with Gasteiger partial charge in [0.1, 0.15) is 5.76 Å². The number of aromatic nitrogens is 1. The van der Waals surface area contributed by atoms with Crippen LogP contribution in [0.3, 0.4) is 0 Å². The maximum atomic E-state index is 13.1. The van der Waals surface area contributed by atoms with Crippen LogP contribution < -0.4 is 5.32 Å². The summed E-state index contributed by atoms with van der Waals surface area (Å²) in [5.41, 5.74) is 3.34. The lowest BCUT2D eigenvalue weighted by Gasteiger charge is -2.26. The number of nitrogens with zero attached hydrogens (tertiary/aromatic N) is 2. The predicted octanol–water partition coefficient (Wildman–Crippen LogP) is 3.19. The van der Waals surface area contributed by atoms with Crippen LogP contribution in [0, 0.1) is 6.92 Å². The smallest absolute Gasteiger partial charge is 0.253 e. The molecule has 0 atom stereocenters. The van der Waals surface area contributed by atoms with Gasteiger partial charge >= 0.3 is 0 Å². The SMILES string of the molecule is Cc1nc(-c2ccccc2)cc(-c2ccc(C=O)o2)c1C(=O)NCCN1CCOCC1. The van der Waals surface area contributed by atoms with Gasteiger partial charge in [-0.25, -0.2) is 0 Å². The molecule has 0 bridgehead atoms. The van der Waals surface area contributed by atoms with Crippen LogP contribution in [0.2, 0.25) is 0 Å². The van der Waals surface area contributed by atoms with E-state index in [1.165, 1.54) is 0 Å². The quantitative estimate of drug-likeness (QED) is 0.592. The lowest BCUT2D eigenvalue weighted by atomic mass is 10.00. The molecule has 1 N–H and O–H groups in total. The molecule has 0 radical (unpaired) electrons. The maximum Gasteiger partial charge on any atom is 0.253 e. The molecule has 0 aliphatic carbocycles. The Morgan fingerprint density at radius 3 is 2.65 bits per heavy atom. The van der Waals surface area contributed by atoms with Crippen LogP contribution in [0.25, 0.3) is 22.6 Å². The number of carbonyl (C=O) groups excluding carboxylic acids is 2. The van der Waals surface area contributed by atoms with Crippen molar-refractivity contribution in [3.8, 4) is 22.6 Å². The first kappa shape index (κ1) is 21.0. The molecule has 0 spiro atoms. The number of amides is 1. The Balaban J connectivity index is 1.63. The van der Waals surface area contributed by atoms with Crippen molar-refractivity contribution in [3.63, 3.8) is 0 Å². The second-order valence-electron chi connectivity index (χ2n) is 7.41. The van der Waals surface area contributed by atoms with Gasteiger partial charge in [-0.3, -0.25) is 19.5 Å². The van der Waals surface area contributed by atoms with Gasteiger partial charge in [0.05, 0.1) is 30.2 Å². The molecular weight excluding hydrogens is 394 g/mol. The van der Waals surface area contributed by atoms with E-state index < -0.39 is 0 Å². The summed E-state index contributed by atoms with van der Waals surface area (Å²) in [7, 11) is 0. The molecule has 2 aromatic heterocycles. The molecule has 4 rings (SSSR count). The topological polar surface area (TPSA) is 84.7 Å². The highest BCUT2D eigenvalue weighted by Gasteiger charge is 2.21. The number of aryl methyl sites for hydroxylation is 1. The molecule has 1 amide bonds. The molecule has 0 saturated carbocycles. The summed E-state index contributed by atoms with van der Waals surface area (Å²) in [6.07, 6.45) is 0.651. The molecule has 0 unspecified atom stereocenters. The average molecular weight is 419 g/mol. The Morgan fingerprint density at radius 2 is 1.94 bits per heavy atom.